The molecular formula is C16H18N2OS. The Bertz CT molecular complexity index is 637. The summed E-state index contributed by atoms with van der Waals surface area (Å²) in [5.74, 6) is 0.00941. The Hall–Kier alpha value is -1.68. The van der Waals surface area contributed by atoms with Crippen molar-refractivity contribution in [2.24, 2.45) is 4.99 Å². The fraction of sp³-hybridized carbons (Fsp3) is 0.375. The Labute approximate surface area is 122 Å². The Morgan fingerprint density at radius 2 is 2.00 bits per heavy atom. The molecule has 0 radical (unpaired) electrons. The summed E-state index contributed by atoms with van der Waals surface area (Å²) in [4.78, 5) is 18.0. The number of rotatable bonds is 2. The Morgan fingerprint density at radius 3 is 2.75 bits per heavy atom. The van der Waals surface area contributed by atoms with E-state index in [0.29, 0.717) is 6.04 Å². The molecule has 4 heteroatoms. The molecule has 0 amide bonds. The summed E-state index contributed by atoms with van der Waals surface area (Å²) in [6, 6.07) is 9.88. The van der Waals surface area contributed by atoms with Gasteiger partial charge in [0.2, 0.25) is 0 Å². The second-order valence-corrected chi connectivity index (χ2v) is 6.08. The van der Waals surface area contributed by atoms with Crippen molar-refractivity contribution in [3.8, 4) is 0 Å². The zero-order chi connectivity index (χ0) is 13.8. The lowest BCUT2D eigenvalue weighted by molar-refractivity contribution is 0.0958. The van der Waals surface area contributed by atoms with Crippen molar-refractivity contribution in [2.45, 2.75) is 38.1 Å². The first-order valence-electron chi connectivity index (χ1n) is 7.14. The van der Waals surface area contributed by atoms with Crippen LogP contribution in [0.15, 0.2) is 46.9 Å². The average Bonchev–Trinajstić information content (AvgIpc) is 3.02. The molecular weight excluding hydrogens is 268 g/mol. The molecule has 0 saturated heterocycles. The van der Waals surface area contributed by atoms with Crippen LogP contribution in [0, 0.1) is 0 Å². The smallest absolute Gasteiger partial charge is 0.267 e. The predicted molar refractivity (Wildman–Crippen MR) is 80.9 cm³/mol. The van der Waals surface area contributed by atoms with Gasteiger partial charge in [0.25, 0.3) is 5.91 Å². The molecule has 0 aromatic carbocycles. The quantitative estimate of drug-likeness (QED) is 0.832. The lowest BCUT2D eigenvalue weighted by atomic mass is 9.96. The van der Waals surface area contributed by atoms with Gasteiger partial charge in [0.1, 0.15) is 5.49 Å². The minimum Gasteiger partial charge on any atom is -0.267 e. The highest BCUT2D eigenvalue weighted by atomic mass is 32.1. The highest BCUT2D eigenvalue weighted by molar-refractivity contribution is 7.12. The van der Waals surface area contributed by atoms with Gasteiger partial charge in [0.15, 0.2) is 0 Å². The molecule has 0 unspecified atom stereocenters. The monoisotopic (exact) mass is 286 g/mol. The number of aromatic nitrogens is 1. The number of nitrogens with zero attached hydrogens (tertiary/aromatic N) is 2. The normalized spacial score (nSPS) is 17.3. The van der Waals surface area contributed by atoms with E-state index in [2.05, 4.69) is 0 Å². The van der Waals surface area contributed by atoms with Crippen LogP contribution < -0.4 is 5.49 Å². The SMILES string of the molecule is O=C(c1cccs1)n1ccccc1=NC1CCCCC1. The maximum absolute atomic E-state index is 12.5. The molecule has 3 rings (SSSR count). The number of hydrogen-bond donors (Lipinski definition) is 0. The van der Waals surface area contributed by atoms with E-state index in [0.717, 1.165) is 23.2 Å². The average molecular weight is 286 g/mol. The fourth-order valence-electron chi connectivity index (χ4n) is 2.63. The number of hydrogen-bond acceptors (Lipinski definition) is 3. The van der Waals surface area contributed by atoms with Gasteiger partial charge in [-0.05, 0) is 36.4 Å². The van der Waals surface area contributed by atoms with Crippen molar-refractivity contribution < 1.29 is 4.79 Å². The van der Waals surface area contributed by atoms with Crippen LogP contribution >= 0.6 is 11.3 Å². The molecule has 0 N–H and O–H groups in total. The summed E-state index contributed by atoms with van der Waals surface area (Å²) in [6.07, 6.45) is 7.91. The lowest BCUT2D eigenvalue weighted by Crippen LogP contribution is -2.28. The van der Waals surface area contributed by atoms with Crippen molar-refractivity contribution in [1.29, 1.82) is 0 Å². The summed E-state index contributed by atoms with van der Waals surface area (Å²) < 4.78 is 1.67. The topological polar surface area (TPSA) is 34.4 Å². The summed E-state index contributed by atoms with van der Waals surface area (Å²) in [6.45, 7) is 0. The van der Waals surface area contributed by atoms with E-state index in [1.54, 1.807) is 4.57 Å². The Kier molecular flexibility index (Phi) is 4.11. The molecule has 1 aliphatic rings. The van der Waals surface area contributed by atoms with E-state index < -0.39 is 0 Å². The largest absolute Gasteiger partial charge is 0.273 e. The second-order valence-electron chi connectivity index (χ2n) is 5.13. The molecule has 0 aliphatic heterocycles. The maximum Gasteiger partial charge on any atom is 0.273 e. The Morgan fingerprint density at radius 1 is 1.15 bits per heavy atom. The van der Waals surface area contributed by atoms with Gasteiger partial charge in [0, 0.05) is 6.20 Å². The molecule has 1 saturated carbocycles. The molecule has 20 heavy (non-hydrogen) atoms. The predicted octanol–water partition coefficient (Wildman–Crippen LogP) is 3.47. The molecule has 3 nitrogen and oxygen atoms in total. The molecule has 0 atom stereocenters. The van der Waals surface area contributed by atoms with Crippen LogP contribution in [0.5, 0.6) is 0 Å². The standard InChI is InChI=1S/C16H18N2OS/c19-16(14-9-6-12-20-14)18-11-5-4-10-15(18)17-13-7-2-1-3-8-13/h4-6,9-13H,1-3,7-8H2. The molecule has 0 bridgehead atoms. The van der Waals surface area contributed by atoms with Crippen LogP contribution in [0.2, 0.25) is 0 Å². The van der Waals surface area contributed by atoms with E-state index in [-0.39, 0.29) is 5.91 Å². The summed E-state index contributed by atoms with van der Waals surface area (Å²) in [5.41, 5.74) is 0.776. The zero-order valence-corrected chi connectivity index (χ0v) is 12.2. The third kappa shape index (κ3) is 2.90. The number of carbonyl (C=O) groups is 1. The van der Waals surface area contributed by atoms with Crippen LogP contribution in [0.4, 0.5) is 0 Å². The first-order valence-corrected chi connectivity index (χ1v) is 8.02. The minimum absolute atomic E-state index is 0.00941. The third-order valence-electron chi connectivity index (χ3n) is 3.68. The first kappa shape index (κ1) is 13.3. The van der Waals surface area contributed by atoms with E-state index in [1.807, 2.05) is 41.9 Å². The van der Waals surface area contributed by atoms with E-state index in [9.17, 15) is 4.79 Å². The van der Waals surface area contributed by atoms with Gasteiger partial charge in [-0.1, -0.05) is 31.4 Å². The van der Waals surface area contributed by atoms with E-state index in [4.69, 9.17) is 4.99 Å². The summed E-state index contributed by atoms with van der Waals surface area (Å²) in [7, 11) is 0. The van der Waals surface area contributed by atoms with Crippen LogP contribution in [0.1, 0.15) is 41.8 Å². The molecule has 2 aromatic rings. The molecule has 1 fully saturated rings. The lowest BCUT2D eigenvalue weighted by Gasteiger charge is -2.17. The van der Waals surface area contributed by atoms with Crippen LogP contribution in [-0.2, 0) is 0 Å². The number of thiophene rings is 1. The van der Waals surface area contributed by atoms with Gasteiger partial charge in [-0.15, -0.1) is 11.3 Å². The van der Waals surface area contributed by atoms with Crippen molar-refractivity contribution in [1.82, 2.24) is 4.57 Å². The number of pyridine rings is 1. The van der Waals surface area contributed by atoms with Crippen molar-refractivity contribution in [3.05, 3.63) is 52.3 Å². The van der Waals surface area contributed by atoms with Crippen molar-refractivity contribution in [2.75, 3.05) is 0 Å². The van der Waals surface area contributed by atoms with Gasteiger partial charge in [-0.2, -0.15) is 0 Å². The third-order valence-corrected chi connectivity index (χ3v) is 4.54. The highest BCUT2D eigenvalue weighted by Gasteiger charge is 2.13. The minimum atomic E-state index is 0.00941. The van der Waals surface area contributed by atoms with Gasteiger partial charge < -0.3 is 0 Å². The first-order chi connectivity index (χ1) is 9.84. The van der Waals surface area contributed by atoms with E-state index in [1.165, 1.54) is 30.6 Å². The van der Waals surface area contributed by atoms with Crippen molar-refractivity contribution in [3.63, 3.8) is 0 Å². The Balaban J connectivity index is 1.95. The van der Waals surface area contributed by atoms with Crippen LogP contribution in [-0.4, -0.2) is 16.5 Å². The van der Waals surface area contributed by atoms with Crippen LogP contribution in [0.25, 0.3) is 0 Å². The van der Waals surface area contributed by atoms with Gasteiger partial charge in [-0.3, -0.25) is 14.4 Å². The number of carbonyl (C=O) groups excluding carboxylic acids is 1. The van der Waals surface area contributed by atoms with E-state index >= 15 is 0 Å². The summed E-state index contributed by atoms with van der Waals surface area (Å²) >= 11 is 1.47. The van der Waals surface area contributed by atoms with Gasteiger partial charge >= 0.3 is 0 Å². The molecule has 2 aromatic heterocycles. The molecule has 1 aliphatic carbocycles. The fourth-order valence-corrected chi connectivity index (χ4v) is 3.29. The van der Waals surface area contributed by atoms with Gasteiger partial charge in [-0.25, -0.2) is 0 Å². The molecule has 104 valence electrons. The summed E-state index contributed by atoms with van der Waals surface area (Å²) in [5, 5.41) is 1.93. The van der Waals surface area contributed by atoms with Crippen LogP contribution in [0.3, 0.4) is 0 Å². The van der Waals surface area contributed by atoms with Crippen molar-refractivity contribution >= 4 is 17.2 Å². The molecule has 0 spiro atoms. The second kappa shape index (κ2) is 6.18. The zero-order valence-electron chi connectivity index (χ0n) is 11.4. The molecule has 2 heterocycles. The van der Waals surface area contributed by atoms with Gasteiger partial charge in [0.05, 0.1) is 10.9 Å². The highest BCUT2D eigenvalue weighted by Crippen LogP contribution is 2.19. The maximum atomic E-state index is 12.5.